The van der Waals surface area contributed by atoms with Crippen molar-refractivity contribution in [3.05, 3.63) is 64.9 Å². The number of aromatic hydroxyl groups is 1. The highest BCUT2D eigenvalue weighted by molar-refractivity contribution is 5.46. The summed E-state index contributed by atoms with van der Waals surface area (Å²) in [4.78, 5) is 0. The van der Waals surface area contributed by atoms with Crippen molar-refractivity contribution in [2.45, 2.75) is 46.1 Å². The molecule has 0 amide bonds. The monoisotopic (exact) mass is 313 g/mol. The first-order valence-electron chi connectivity index (χ1n) is 8.28. The minimum absolute atomic E-state index is 0.0277. The molecule has 1 atom stereocenters. The Morgan fingerprint density at radius 3 is 2.26 bits per heavy atom. The van der Waals surface area contributed by atoms with Gasteiger partial charge in [-0.15, -0.1) is 0 Å². The number of hydroxylamine groups is 2. The summed E-state index contributed by atoms with van der Waals surface area (Å²) in [5.41, 5.74) is 2.61. The zero-order valence-electron chi connectivity index (χ0n) is 14.5. The second-order valence-electron chi connectivity index (χ2n) is 6.78. The van der Waals surface area contributed by atoms with E-state index in [2.05, 4.69) is 20.8 Å². The molecule has 0 spiro atoms. The van der Waals surface area contributed by atoms with Gasteiger partial charge in [-0.3, -0.25) is 0 Å². The van der Waals surface area contributed by atoms with Gasteiger partial charge in [0.25, 0.3) is 0 Å². The van der Waals surface area contributed by atoms with Gasteiger partial charge < -0.3 is 15.0 Å². The lowest BCUT2D eigenvalue weighted by Crippen LogP contribution is -2.42. The molecule has 2 aromatic carbocycles. The van der Waals surface area contributed by atoms with Gasteiger partial charge >= 0.3 is 0 Å². The lowest BCUT2D eigenvalue weighted by Gasteiger charge is -2.41. The number of hydrogen-bond acceptors (Lipinski definition) is 2. The maximum absolute atomic E-state index is 13.3. The Bertz CT molecular complexity index is 652. The molecule has 0 aliphatic heterocycles. The molecule has 0 aliphatic carbocycles. The quantitative estimate of drug-likeness (QED) is 0.595. The number of para-hydroxylation sites is 1. The molecule has 2 aromatic rings. The van der Waals surface area contributed by atoms with Crippen molar-refractivity contribution < 1.29 is 5.11 Å². The summed E-state index contributed by atoms with van der Waals surface area (Å²) in [7, 11) is 0. The molecule has 0 radical (unpaired) electrons. The van der Waals surface area contributed by atoms with Crippen LogP contribution in [0.15, 0.2) is 48.5 Å². The van der Waals surface area contributed by atoms with Crippen LogP contribution in [0.1, 0.15) is 45.2 Å². The van der Waals surface area contributed by atoms with Crippen LogP contribution in [0.25, 0.3) is 0 Å². The molecule has 3 nitrogen and oxygen atoms in total. The lowest BCUT2D eigenvalue weighted by molar-refractivity contribution is 0.369. The van der Waals surface area contributed by atoms with Crippen molar-refractivity contribution in [3.63, 3.8) is 0 Å². The smallest absolute Gasteiger partial charge is 0.133 e. The van der Waals surface area contributed by atoms with Crippen LogP contribution in [0.2, 0.25) is 0 Å². The highest BCUT2D eigenvalue weighted by Crippen LogP contribution is 2.33. The summed E-state index contributed by atoms with van der Waals surface area (Å²) in [5.74, 6) is 0.198. The number of benzene rings is 2. The predicted octanol–water partition coefficient (Wildman–Crippen LogP) is 5.11. The fourth-order valence-electron chi connectivity index (χ4n) is 2.70. The topological polar surface area (TPSA) is 43.3 Å². The second-order valence-corrected chi connectivity index (χ2v) is 6.78. The molecular weight excluding hydrogens is 286 g/mol. The Balaban J connectivity index is 2.40. The zero-order chi connectivity index (χ0) is 17.1. The van der Waals surface area contributed by atoms with Crippen molar-refractivity contribution >= 4 is 5.69 Å². The average molecular weight is 313 g/mol. The van der Waals surface area contributed by atoms with Crippen molar-refractivity contribution in [2.24, 2.45) is 0 Å². The van der Waals surface area contributed by atoms with Gasteiger partial charge in [0, 0.05) is 5.56 Å². The van der Waals surface area contributed by atoms with Gasteiger partial charge in [0.2, 0.25) is 0 Å². The van der Waals surface area contributed by atoms with Gasteiger partial charge in [-0.25, -0.2) is 0 Å². The van der Waals surface area contributed by atoms with Gasteiger partial charge in [0.1, 0.15) is 18.0 Å². The average Bonchev–Trinajstić information content (AvgIpc) is 2.57. The predicted molar refractivity (Wildman–Crippen MR) is 97.3 cm³/mol. The van der Waals surface area contributed by atoms with E-state index in [0.29, 0.717) is 12.1 Å². The summed E-state index contributed by atoms with van der Waals surface area (Å²) in [6.07, 6.45) is 1.00. The Morgan fingerprint density at radius 2 is 1.70 bits per heavy atom. The molecule has 0 aromatic heterocycles. The van der Waals surface area contributed by atoms with Gasteiger partial charge in [0.05, 0.1) is 6.54 Å². The molecule has 1 unspecified atom stereocenters. The van der Waals surface area contributed by atoms with E-state index in [9.17, 15) is 10.3 Å². The Kier molecular flexibility index (Phi) is 5.12. The maximum atomic E-state index is 13.3. The van der Waals surface area contributed by atoms with E-state index >= 15 is 0 Å². The number of nitrogens with zero attached hydrogens (tertiary/aromatic N) is 1. The van der Waals surface area contributed by atoms with E-state index < -0.39 is 4.65 Å². The maximum Gasteiger partial charge on any atom is 0.133 e. The van der Waals surface area contributed by atoms with Crippen LogP contribution in [0.3, 0.4) is 0 Å². The molecule has 23 heavy (non-hydrogen) atoms. The van der Waals surface area contributed by atoms with E-state index in [1.807, 2.05) is 49.4 Å². The first kappa shape index (κ1) is 17.5. The second kappa shape index (κ2) is 6.73. The molecular formula is C20H27NO2. The fraction of sp³-hybridized carbons (Fsp3) is 0.400. The summed E-state index contributed by atoms with van der Waals surface area (Å²) < 4.78 is -0.468. The van der Waals surface area contributed by atoms with Gasteiger partial charge in [0.15, 0.2) is 0 Å². The molecule has 2 rings (SSSR count). The number of hydrogen-bond donors (Lipinski definition) is 1. The molecule has 3 heteroatoms. The van der Waals surface area contributed by atoms with Crippen LogP contribution >= 0.6 is 0 Å². The third-order valence-electron chi connectivity index (χ3n) is 4.91. The molecule has 1 N–H and O–H groups in total. The van der Waals surface area contributed by atoms with Crippen LogP contribution in [-0.2, 0) is 12.0 Å². The minimum atomic E-state index is -0.468. The molecule has 0 bridgehead atoms. The van der Waals surface area contributed by atoms with Crippen LogP contribution in [0, 0.1) is 5.21 Å². The van der Waals surface area contributed by atoms with E-state index in [4.69, 9.17) is 0 Å². The van der Waals surface area contributed by atoms with Crippen LogP contribution in [0.4, 0.5) is 5.69 Å². The molecule has 0 heterocycles. The van der Waals surface area contributed by atoms with Crippen molar-refractivity contribution in [3.8, 4) is 5.75 Å². The van der Waals surface area contributed by atoms with Gasteiger partial charge in [-0.1, -0.05) is 45.0 Å². The Labute approximate surface area is 139 Å². The molecule has 0 saturated carbocycles. The van der Waals surface area contributed by atoms with Gasteiger partial charge in [-0.05, 0) is 48.6 Å². The normalized spacial score (nSPS) is 14.5. The van der Waals surface area contributed by atoms with Crippen molar-refractivity contribution in [1.29, 1.82) is 0 Å². The summed E-state index contributed by atoms with van der Waals surface area (Å²) in [5, 5.41) is 23.5. The Morgan fingerprint density at radius 1 is 1.04 bits per heavy atom. The highest BCUT2D eigenvalue weighted by atomic mass is 16.5. The van der Waals surface area contributed by atoms with Crippen LogP contribution in [0.5, 0.6) is 5.75 Å². The third kappa shape index (κ3) is 3.74. The Hall–Kier alpha value is -1.84. The van der Waals surface area contributed by atoms with E-state index in [0.717, 1.165) is 17.7 Å². The highest BCUT2D eigenvalue weighted by Gasteiger charge is 2.24. The van der Waals surface area contributed by atoms with Gasteiger partial charge in [-0.2, -0.15) is 0 Å². The molecule has 124 valence electrons. The van der Waals surface area contributed by atoms with E-state index in [-0.39, 0.29) is 17.7 Å². The van der Waals surface area contributed by atoms with E-state index in [1.54, 1.807) is 6.07 Å². The summed E-state index contributed by atoms with van der Waals surface area (Å²) >= 11 is 0. The largest absolute Gasteiger partial charge is 0.627 e. The SMILES string of the molecule is CCC(C)(C)c1ccc(O)c(C[N+]([O-])(CC)c2ccccc2)c1. The molecule has 0 fully saturated rings. The fourth-order valence-corrected chi connectivity index (χ4v) is 2.70. The number of phenolic OH excluding ortho intramolecular Hbond substituents is 1. The third-order valence-corrected chi connectivity index (χ3v) is 4.91. The van der Waals surface area contributed by atoms with Crippen molar-refractivity contribution in [1.82, 2.24) is 4.65 Å². The lowest BCUT2D eigenvalue weighted by atomic mass is 9.81. The first-order chi connectivity index (χ1) is 10.8. The molecule has 0 aliphatic rings. The van der Waals surface area contributed by atoms with Crippen LogP contribution in [-0.4, -0.2) is 11.7 Å². The van der Waals surface area contributed by atoms with E-state index in [1.165, 1.54) is 0 Å². The number of phenols is 1. The van der Waals surface area contributed by atoms with Crippen LogP contribution < -0.4 is 4.65 Å². The first-order valence-corrected chi connectivity index (χ1v) is 8.28. The molecule has 0 saturated heterocycles. The number of rotatable bonds is 6. The minimum Gasteiger partial charge on any atom is -0.627 e. The number of quaternary nitrogens is 1. The summed E-state index contributed by atoms with van der Waals surface area (Å²) in [6, 6.07) is 15.0. The summed E-state index contributed by atoms with van der Waals surface area (Å²) in [6.45, 7) is 9.05. The van der Waals surface area contributed by atoms with Crippen molar-refractivity contribution in [2.75, 3.05) is 6.54 Å². The standard InChI is InChI=1S/C20H27NO2/c1-5-20(3,4)17-12-13-19(22)16(14-17)15-21(23,6-2)18-10-8-7-9-11-18/h7-14,22H,5-6,15H2,1-4H3. The zero-order valence-corrected chi connectivity index (χ0v) is 14.5.